The summed E-state index contributed by atoms with van der Waals surface area (Å²) in [6.45, 7) is -0.426. The maximum atomic E-state index is 11.9. The van der Waals surface area contributed by atoms with Crippen molar-refractivity contribution in [3.8, 4) is 0 Å². The topological polar surface area (TPSA) is 117 Å². The minimum atomic E-state index is -1.30. The number of amides is 1. The molecule has 1 saturated heterocycles. The molecule has 1 aliphatic heterocycles. The van der Waals surface area contributed by atoms with Crippen molar-refractivity contribution in [1.29, 1.82) is 0 Å². The smallest absolute Gasteiger partial charge is 0.407 e. The first kappa shape index (κ1) is 17.6. The first-order valence-electron chi connectivity index (χ1n) is 7.19. The minimum Gasteiger partial charge on any atom is -0.445 e. The van der Waals surface area contributed by atoms with E-state index in [0.717, 1.165) is 5.56 Å². The number of carbonyl (C=O) groups excluding carboxylic acids is 1. The van der Waals surface area contributed by atoms with Crippen LogP contribution in [0.25, 0.3) is 0 Å². The third-order valence-corrected chi connectivity index (χ3v) is 3.61. The van der Waals surface area contributed by atoms with Crippen LogP contribution < -0.4 is 5.32 Å². The molecule has 1 amide bonds. The van der Waals surface area contributed by atoms with Gasteiger partial charge in [0, 0.05) is 7.11 Å². The zero-order valence-electron chi connectivity index (χ0n) is 12.7. The van der Waals surface area contributed by atoms with Crippen molar-refractivity contribution in [2.45, 2.75) is 37.3 Å². The molecule has 2 rings (SSSR count). The van der Waals surface area contributed by atoms with E-state index in [1.807, 2.05) is 18.2 Å². The summed E-state index contributed by atoms with van der Waals surface area (Å²) in [7, 11) is 1.31. The Morgan fingerprint density at radius 2 is 1.96 bits per heavy atom. The Labute approximate surface area is 133 Å². The molecule has 23 heavy (non-hydrogen) atoms. The number of aliphatic hydroxyl groups excluding tert-OH is 3. The minimum absolute atomic E-state index is 0.0548. The van der Waals surface area contributed by atoms with E-state index in [1.54, 1.807) is 12.1 Å². The summed E-state index contributed by atoms with van der Waals surface area (Å²) >= 11 is 0. The summed E-state index contributed by atoms with van der Waals surface area (Å²) < 4.78 is 15.2. The van der Waals surface area contributed by atoms with E-state index in [2.05, 4.69) is 5.32 Å². The molecule has 1 aromatic rings. The third-order valence-electron chi connectivity index (χ3n) is 3.61. The van der Waals surface area contributed by atoms with Crippen LogP contribution >= 0.6 is 0 Å². The summed E-state index contributed by atoms with van der Waals surface area (Å²) in [5.74, 6) is 0. The second-order valence-electron chi connectivity index (χ2n) is 5.17. The highest BCUT2D eigenvalue weighted by Gasteiger charge is 2.45. The highest BCUT2D eigenvalue weighted by atomic mass is 16.7. The molecule has 1 aliphatic rings. The Balaban J connectivity index is 1.94. The van der Waals surface area contributed by atoms with Gasteiger partial charge in [0.15, 0.2) is 6.29 Å². The molecular weight excluding hydrogens is 306 g/mol. The Morgan fingerprint density at radius 3 is 2.57 bits per heavy atom. The number of rotatable bonds is 5. The normalized spacial score (nSPS) is 30.7. The van der Waals surface area contributed by atoms with Gasteiger partial charge in [-0.05, 0) is 5.56 Å². The summed E-state index contributed by atoms with van der Waals surface area (Å²) in [6, 6.07) is 7.99. The van der Waals surface area contributed by atoms with Crippen LogP contribution in [0.2, 0.25) is 0 Å². The van der Waals surface area contributed by atoms with E-state index < -0.39 is 43.3 Å². The quantitative estimate of drug-likeness (QED) is 0.568. The maximum absolute atomic E-state index is 11.9. The average molecular weight is 327 g/mol. The van der Waals surface area contributed by atoms with E-state index >= 15 is 0 Å². The molecule has 8 nitrogen and oxygen atoms in total. The second-order valence-corrected chi connectivity index (χ2v) is 5.17. The highest BCUT2D eigenvalue weighted by Crippen LogP contribution is 2.21. The van der Waals surface area contributed by atoms with Crippen molar-refractivity contribution in [2.75, 3.05) is 13.7 Å². The number of nitrogens with one attached hydrogen (secondary N) is 1. The molecule has 1 aromatic carbocycles. The molecule has 0 spiro atoms. The lowest BCUT2D eigenvalue weighted by Gasteiger charge is -2.41. The molecule has 0 radical (unpaired) electrons. The van der Waals surface area contributed by atoms with Crippen LogP contribution in [-0.4, -0.2) is 65.8 Å². The maximum Gasteiger partial charge on any atom is 0.407 e. The number of carbonyl (C=O) groups is 1. The molecule has 0 unspecified atom stereocenters. The fourth-order valence-electron chi connectivity index (χ4n) is 2.35. The fourth-order valence-corrected chi connectivity index (χ4v) is 2.35. The van der Waals surface area contributed by atoms with Gasteiger partial charge >= 0.3 is 6.09 Å². The Morgan fingerprint density at radius 1 is 1.26 bits per heavy atom. The van der Waals surface area contributed by atoms with E-state index in [4.69, 9.17) is 14.2 Å². The lowest BCUT2D eigenvalue weighted by molar-refractivity contribution is -0.270. The fraction of sp³-hybridized carbons (Fsp3) is 0.533. The monoisotopic (exact) mass is 327 g/mol. The molecule has 8 heteroatoms. The Bertz CT molecular complexity index is 482. The zero-order valence-corrected chi connectivity index (χ0v) is 12.7. The van der Waals surface area contributed by atoms with Crippen molar-refractivity contribution in [3.05, 3.63) is 35.9 Å². The summed E-state index contributed by atoms with van der Waals surface area (Å²) in [5, 5.41) is 31.7. The first-order valence-corrected chi connectivity index (χ1v) is 7.19. The van der Waals surface area contributed by atoms with Crippen LogP contribution in [0.5, 0.6) is 0 Å². The largest absolute Gasteiger partial charge is 0.445 e. The van der Waals surface area contributed by atoms with Gasteiger partial charge < -0.3 is 34.8 Å². The van der Waals surface area contributed by atoms with Gasteiger partial charge in [0.1, 0.15) is 24.9 Å². The van der Waals surface area contributed by atoms with E-state index in [9.17, 15) is 20.1 Å². The summed E-state index contributed by atoms with van der Waals surface area (Å²) in [4.78, 5) is 11.9. The molecular formula is C15H21NO7. The first-order chi connectivity index (χ1) is 11.1. The van der Waals surface area contributed by atoms with Gasteiger partial charge in [0.05, 0.1) is 12.6 Å². The van der Waals surface area contributed by atoms with E-state index in [-0.39, 0.29) is 6.61 Å². The predicted molar refractivity (Wildman–Crippen MR) is 78.3 cm³/mol. The van der Waals surface area contributed by atoms with Crippen molar-refractivity contribution in [2.24, 2.45) is 0 Å². The van der Waals surface area contributed by atoms with Crippen LogP contribution in [0, 0.1) is 0 Å². The number of methoxy groups -OCH3 is 1. The molecule has 128 valence electrons. The lowest BCUT2D eigenvalue weighted by atomic mass is 9.96. The van der Waals surface area contributed by atoms with Crippen LogP contribution in [0.15, 0.2) is 30.3 Å². The van der Waals surface area contributed by atoms with Gasteiger partial charge in [-0.1, -0.05) is 30.3 Å². The number of alkyl carbamates (subject to hydrolysis) is 1. The van der Waals surface area contributed by atoms with Crippen molar-refractivity contribution >= 4 is 6.09 Å². The SMILES string of the molecule is CO[C@H]1O[C@@H](CO)[C@@H](O)[C@@H](NC(=O)OCc2ccccc2)[C@H]1O. The predicted octanol–water partition coefficient (Wildman–Crippen LogP) is -0.633. The van der Waals surface area contributed by atoms with Gasteiger partial charge in [-0.25, -0.2) is 4.79 Å². The standard InChI is InChI=1S/C15H21NO7/c1-21-14-13(19)11(12(18)10(7-17)23-14)16-15(20)22-8-9-5-3-2-4-6-9/h2-6,10-14,17-19H,7-8H2,1H3,(H,16,20)/t10-,11+,12+,13+,14-/m0/s1. The van der Waals surface area contributed by atoms with Gasteiger partial charge in [0.25, 0.3) is 0 Å². The molecule has 0 bridgehead atoms. The van der Waals surface area contributed by atoms with Crippen molar-refractivity contribution in [1.82, 2.24) is 5.32 Å². The van der Waals surface area contributed by atoms with Crippen molar-refractivity contribution in [3.63, 3.8) is 0 Å². The van der Waals surface area contributed by atoms with Crippen molar-refractivity contribution < 1.29 is 34.3 Å². The Kier molecular flexibility index (Phi) is 6.31. The Hall–Kier alpha value is -1.71. The zero-order chi connectivity index (χ0) is 16.8. The number of aliphatic hydroxyl groups is 3. The van der Waals surface area contributed by atoms with Gasteiger partial charge in [-0.3, -0.25) is 0 Å². The molecule has 0 saturated carbocycles. The third kappa shape index (κ3) is 4.40. The molecule has 1 heterocycles. The van der Waals surface area contributed by atoms with E-state index in [0.29, 0.717) is 0 Å². The average Bonchev–Trinajstić information content (AvgIpc) is 2.58. The van der Waals surface area contributed by atoms with Gasteiger partial charge in [-0.15, -0.1) is 0 Å². The molecule has 0 aliphatic carbocycles. The van der Waals surface area contributed by atoms with E-state index in [1.165, 1.54) is 7.11 Å². The van der Waals surface area contributed by atoms with Crippen LogP contribution in [0.3, 0.4) is 0 Å². The molecule has 1 fully saturated rings. The number of hydrogen-bond acceptors (Lipinski definition) is 7. The molecule has 4 N–H and O–H groups in total. The van der Waals surface area contributed by atoms with Crippen LogP contribution in [-0.2, 0) is 20.8 Å². The van der Waals surface area contributed by atoms with Crippen LogP contribution in [0.4, 0.5) is 4.79 Å². The molecule has 5 atom stereocenters. The lowest BCUT2D eigenvalue weighted by Crippen LogP contribution is -2.64. The highest BCUT2D eigenvalue weighted by molar-refractivity contribution is 5.67. The summed E-state index contributed by atoms with van der Waals surface area (Å²) in [6.07, 6.45) is -5.46. The van der Waals surface area contributed by atoms with Gasteiger partial charge in [0.2, 0.25) is 0 Å². The second kappa shape index (κ2) is 8.23. The molecule has 0 aromatic heterocycles. The number of ether oxygens (including phenoxy) is 3. The number of hydrogen-bond donors (Lipinski definition) is 4. The number of benzene rings is 1. The van der Waals surface area contributed by atoms with Crippen LogP contribution in [0.1, 0.15) is 5.56 Å². The summed E-state index contributed by atoms with van der Waals surface area (Å²) in [5.41, 5.74) is 0.804. The van der Waals surface area contributed by atoms with Gasteiger partial charge in [-0.2, -0.15) is 0 Å².